The number of rotatable bonds is 3. The van der Waals surface area contributed by atoms with E-state index in [9.17, 15) is 0 Å². The SMILES string of the molecule is CC1(C)C2CNCC2CN1CCCO. The molecule has 0 aliphatic carbocycles. The summed E-state index contributed by atoms with van der Waals surface area (Å²) in [7, 11) is 0. The van der Waals surface area contributed by atoms with E-state index in [4.69, 9.17) is 5.11 Å². The van der Waals surface area contributed by atoms with Gasteiger partial charge in [-0.15, -0.1) is 0 Å². The molecule has 2 aliphatic heterocycles. The molecular weight excluding hydrogens is 176 g/mol. The Balaban J connectivity index is 2.00. The first kappa shape index (κ1) is 10.4. The predicted molar refractivity (Wildman–Crippen MR) is 57.2 cm³/mol. The van der Waals surface area contributed by atoms with Crippen LogP contribution in [0.25, 0.3) is 0 Å². The lowest BCUT2D eigenvalue weighted by Gasteiger charge is -2.35. The molecule has 3 heteroatoms. The first-order valence-corrected chi connectivity index (χ1v) is 5.73. The van der Waals surface area contributed by atoms with Crippen LogP contribution >= 0.6 is 0 Å². The highest BCUT2D eigenvalue weighted by atomic mass is 16.3. The van der Waals surface area contributed by atoms with E-state index in [0.29, 0.717) is 12.1 Å². The molecule has 0 radical (unpaired) electrons. The minimum Gasteiger partial charge on any atom is -0.396 e. The summed E-state index contributed by atoms with van der Waals surface area (Å²) in [5.74, 6) is 1.64. The lowest BCUT2D eigenvalue weighted by atomic mass is 9.85. The largest absolute Gasteiger partial charge is 0.396 e. The van der Waals surface area contributed by atoms with Crippen molar-refractivity contribution in [2.45, 2.75) is 25.8 Å². The molecule has 2 atom stereocenters. The number of fused-ring (bicyclic) bond motifs is 1. The Labute approximate surface area is 86.5 Å². The normalized spacial score (nSPS) is 36.2. The number of aliphatic hydroxyl groups excluding tert-OH is 1. The summed E-state index contributed by atoms with van der Waals surface area (Å²) in [6, 6.07) is 0. The van der Waals surface area contributed by atoms with Gasteiger partial charge in [-0.25, -0.2) is 0 Å². The molecular formula is C11H22N2O. The second-order valence-electron chi connectivity index (χ2n) is 5.20. The minimum absolute atomic E-state index is 0.320. The molecule has 0 spiro atoms. The third-order valence-corrected chi connectivity index (χ3v) is 4.10. The van der Waals surface area contributed by atoms with Crippen LogP contribution in [0.15, 0.2) is 0 Å². The van der Waals surface area contributed by atoms with Gasteiger partial charge in [0.25, 0.3) is 0 Å². The molecule has 0 aromatic carbocycles. The van der Waals surface area contributed by atoms with Crippen molar-refractivity contribution >= 4 is 0 Å². The van der Waals surface area contributed by atoms with Crippen molar-refractivity contribution in [1.82, 2.24) is 10.2 Å². The second-order valence-corrected chi connectivity index (χ2v) is 5.20. The summed E-state index contributed by atoms with van der Waals surface area (Å²) < 4.78 is 0. The molecule has 0 amide bonds. The zero-order valence-electron chi connectivity index (χ0n) is 9.29. The molecule has 2 aliphatic rings. The Morgan fingerprint density at radius 1 is 1.43 bits per heavy atom. The van der Waals surface area contributed by atoms with Crippen molar-refractivity contribution in [2.24, 2.45) is 11.8 Å². The Bertz CT molecular complexity index is 205. The van der Waals surface area contributed by atoms with Gasteiger partial charge in [-0.3, -0.25) is 4.90 Å². The van der Waals surface area contributed by atoms with Crippen LogP contribution in [0.5, 0.6) is 0 Å². The van der Waals surface area contributed by atoms with Crippen LogP contribution in [0, 0.1) is 11.8 Å². The van der Waals surface area contributed by atoms with Crippen molar-refractivity contribution in [1.29, 1.82) is 0 Å². The highest BCUT2D eigenvalue weighted by molar-refractivity contribution is 5.04. The number of hydrogen-bond acceptors (Lipinski definition) is 3. The van der Waals surface area contributed by atoms with Gasteiger partial charge in [0.05, 0.1) is 0 Å². The second kappa shape index (κ2) is 3.80. The van der Waals surface area contributed by atoms with Gasteiger partial charge in [-0.05, 0) is 38.6 Å². The van der Waals surface area contributed by atoms with E-state index in [0.717, 1.165) is 24.8 Å². The molecule has 2 saturated heterocycles. The molecule has 2 heterocycles. The quantitative estimate of drug-likeness (QED) is 0.684. The van der Waals surface area contributed by atoms with Gasteiger partial charge >= 0.3 is 0 Å². The average Bonchev–Trinajstić information content (AvgIpc) is 2.66. The highest BCUT2D eigenvalue weighted by Gasteiger charge is 2.48. The Morgan fingerprint density at radius 2 is 2.21 bits per heavy atom. The smallest absolute Gasteiger partial charge is 0.0443 e. The summed E-state index contributed by atoms with van der Waals surface area (Å²) in [6.07, 6.45) is 0.913. The molecule has 0 aromatic rings. The summed E-state index contributed by atoms with van der Waals surface area (Å²) in [4.78, 5) is 2.55. The molecule has 2 N–H and O–H groups in total. The fraction of sp³-hybridized carbons (Fsp3) is 1.00. The molecule has 0 aromatic heterocycles. The van der Waals surface area contributed by atoms with E-state index in [1.165, 1.54) is 19.6 Å². The molecule has 0 bridgehead atoms. The zero-order valence-corrected chi connectivity index (χ0v) is 9.29. The molecule has 2 rings (SSSR count). The maximum atomic E-state index is 8.86. The van der Waals surface area contributed by atoms with Gasteiger partial charge in [0.1, 0.15) is 0 Å². The minimum atomic E-state index is 0.320. The Hall–Kier alpha value is -0.120. The molecule has 3 nitrogen and oxygen atoms in total. The van der Waals surface area contributed by atoms with Crippen molar-refractivity contribution < 1.29 is 5.11 Å². The molecule has 2 unspecified atom stereocenters. The third-order valence-electron chi connectivity index (χ3n) is 4.10. The van der Waals surface area contributed by atoms with Crippen LogP contribution in [0.2, 0.25) is 0 Å². The van der Waals surface area contributed by atoms with Gasteiger partial charge in [0.2, 0.25) is 0 Å². The van der Waals surface area contributed by atoms with E-state index >= 15 is 0 Å². The van der Waals surface area contributed by atoms with Crippen molar-refractivity contribution in [3.8, 4) is 0 Å². The number of hydrogen-bond donors (Lipinski definition) is 2. The van der Waals surface area contributed by atoms with Crippen molar-refractivity contribution in [3.05, 3.63) is 0 Å². The Kier molecular flexibility index (Phi) is 2.82. The summed E-state index contributed by atoms with van der Waals surface area (Å²) >= 11 is 0. The van der Waals surface area contributed by atoms with E-state index in [2.05, 4.69) is 24.1 Å². The van der Waals surface area contributed by atoms with Crippen LogP contribution in [0.4, 0.5) is 0 Å². The van der Waals surface area contributed by atoms with Gasteiger partial charge in [0, 0.05) is 31.8 Å². The first-order chi connectivity index (χ1) is 6.66. The van der Waals surface area contributed by atoms with E-state index in [-0.39, 0.29) is 0 Å². The fourth-order valence-electron chi connectivity index (χ4n) is 3.15. The summed E-state index contributed by atoms with van der Waals surface area (Å²) in [6.45, 7) is 9.64. The first-order valence-electron chi connectivity index (χ1n) is 5.73. The third kappa shape index (κ3) is 1.58. The topological polar surface area (TPSA) is 35.5 Å². The summed E-state index contributed by atoms with van der Waals surface area (Å²) in [5.41, 5.74) is 0.323. The number of likely N-dealkylation sites (tertiary alicyclic amines) is 1. The van der Waals surface area contributed by atoms with Gasteiger partial charge < -0.3 is 10.4 Å². The van der Waals surface area contributed by atoms with E-state index in [1.807, 2.05) is 0 Å². The standard InChI is InChI=1S/C11H22N2O/c1-11(2)10-7-12-6-9(10)8-13(11)4-3-5-14/h9-10,12,14H,3-8H2,1-2H3. The predicted octanol–water partition coefficient (Wildman–Crippen LogP) is 0.299. The van der Waals surface area contributed by atoms with Crippen molar-refractivity contribution in [3.63, 3.8) is 0 Å². The van der Waals surface area contributed by atoms with Crippen LogP contribution in [0.3, 0.4) is 0 Å². The fourth-order valence-corrected chi connectivity index (χ4v) is 3.15. The average molecular weight is 198 g/mol. The maximum Gasteiger partial charge on any atom is 0.0443 e. The highest BCUT2D eigenvalue weighted by Crippen LogP contribution is 2.40. The lowest BCUT2D eigenvalue weighted by Crippen LogP contribution is -2.44. The number of nitrogens with one attached hydrogen (secondary N) is 1. The van der Waals surface area contributed by atoms with Gasteiger partial charge in [0.15, 0.2) is 0 Å². The van der Waals surface area contributed by atoms with Crippen molar-refractivity contribution in [2.75, 3.05) is 32.8 Å². The number of nitrogens with zero attached hydrogens (tertiary/aromatic N) is 1. The molecule has 14 heavy (non-hydrogen) atoms. The maximum absolute atomic E-state index is 8.86. The zero-order chi connectivity index (χ0) is 10.2. The van der Waals surface area contributed by atoms with E-state index < -0.39 is 0 Å². The van der Waals surface area contributed by atoms with Crippen LogP contribution in [-0.2, 0) is 0 Å². The van der Waals surface area contributed by atoms with Crippen LogP contribution < -0.4 is 5.32 Å². The van der Waals surface area contributed by atoms with Crippen LogP contribution in [-0.4, -0.2) is 48.3 Å². The molecule has 82 valence electrons. The van der Waals surface area contributed by atoms with E-state index in [1.54, 1.807) is 0 Å². The summed E-state index contributed by atoms with van der Waals surface area (Å²) in [5, 5.41) is 12.3. The van der Waals surface area contributed by atoms with Crippen LogP contribution in [0.1, 0.15) is 20.3 Å². The monoisotopic (exact) mass is 198 g/mol. The Morgan fingerprint density at radius 3 is 2.86 bits per heavy atom. The number of aliphatic hydroxyl groups is 1. The molecule has 0 saturated carbocycles. The van der Waals surface area contributed by atoms with Gasteiger partial charge in [-0.1, -0.05) is 0 Å². The van der Waals surface area contributed by atoms with Gasteiger partial charge in [-0.2, -0.15) is 0 Å². The molecule has 2 fully saturated rings. The lowest BCUT2D eigenvalue weighted by molar-refractivity contribution is 0.128.